The first kappa shape index (κ1) is 20.1. The van der Waals surface area contributed by atoms with E-state index in [1.165, 1.54) is 18.5 Å². The maximum Gasteiger partial charge on any atom is 0.233 e. The summed E-state index contributed by atoms with van der Waals surface area (Å²) < 4.78 is 0. The van der Waals surface area contributed by atoms with E-state index >= 15 is 0 Å². The van der Waals surface area contributed by atoms with Crippen LogP contribution in [0.4, 0.5) is 5.69 Å². The molecule has 130 valence electrons. The highest BCUT2D eigenvalue weighted by molar-refractivity contribution is 5.85. The number of benzene rings is 1. The van der Waals surface area contributed by atoms with Crippen molar-refractivity contribution in [3.8, 4) is 0 Å². The first-order valence-corrected chi connectivity index (χ1v) is 8.08. The van der Waals surface area contributed by atoms with Crippen LogP contribution in [0.3, 0.4) is 0 Å². The Bertz CT molecular complexity index is 468. The van der Waals surface area contributed by atoms with E-state index < -0.39 is 0 Å². The molecule has 1 saturated heterocycles. The standard InChI is InChI=1S/C17H25N3O.2ClH/c21-17(12-18-10-14-6-7-14)19-11-15-8-9-20(13-15)16-4-2-1-3-5-16;;/h1-5,14-15,18H,6-13H2,(H,19,21);2*1H. The molecular weight excluding hydrogens is 333 g/mol. The highest BCUT2D eigenvalue weighted by Gasteiger charge is 2.23. The molecule has 0 aromatic heterocycles. The second-order valence-corrected chi connectivity index (χ2v) is 6.31. The summed E-state index contributed by atoms with van der Waals surface area (Å²) in [6.45, 7) is 4.39. The molecule has 0 bridgehead atoms. The minimum absolute atomic E-state index is 0. The number of anilines is 1. The average molecular weight is 360 g/mol. The third-order valence-electron chi connectivity index (χ3n) is 4.41. The van der Waals surface area contributed by atoms with Crippen molar-refractivity contribution in [3.63, 3.8) is 0 Å². The van der Waals surface area contributed by atoms with Crippen LogP contribution >= 0.6 is 24.8 Å². The Balaban J connectivity index is 0.00000132. The number of carbonyl (C=O) groups is 1. The summed E-state index contributed by atoms with van der Waals surface area (Å²) in [6.07, 6.45) is 3.81. The lowest BCUT2D eigenvalue weighted by Gasteiger charge is -2.18. The number of carbonyl (C=O) groups excluding carboxylic acids is 1. The summed E-state index contributed by atoms with van der Waals surface area (Å²) in [5.74, 6) is 1.53. The van der Waals surface area contributed by atoms with Gasteiger partial charge in [-0.15, -0.1) is 24.8 Å². The molecule has 0 radical (unpaired) electrons. The molecule has 1 aromatic carbocycles. The minimum atomic E-state index is 0. The van der Waals surface area contributed by atoms with E-state index in [2.05, 4.69) is 39.8 Å². The average Bonchev–Trinajstić information content (AvgIpc) is 3.21. The second kappa shape index (κ2) is 10.0. The fourth-order valence-electron chi connectivity index (χ4n) is 2.91. The molecule has 1 aromatic rings. The van der Waals surface area contributed by atoms with Gasteiger partial charge in [0.25, 0.3) is 0 Å². The first-order chi connectivity index (χ1) is 10.3. The molecule has 6 heteroatoms. The van der Waals surface area contributed by atoms with Crippen molar-refractivity contribution < 1.29 is 4.79 Å². The molecule has 3 rings (SSSR count). The second-order valence-electron chi connectivity index (χ2n) is 6.31. The molecule has 1 atom stereocenters. The Morgan fingerprint density at radius 3 is 2.48 bits per heavy atom. The molecule has 23 heavy (non-hydrogen) atoms. The summed E-state index contributed by atoms with van der Waals surface area (Å²) in [5, 5.41) is 6.30. The van der Waals surface area contributed by atoms with E-state index in [1.54, 1.807) is 0 Å². The van der Waals surface area contributed by atoms with Gasteiger partial charge < -0.3 is 15.5 Å². The quantitative estimate of drug-likeness (QED) is 0.785. The van der Waals surface area contributed by atoms with Crippen LogP contribution in [0.15, 0.2) is 30.3 Å². The molecule has 1 amide bonds. The minimum Gasteiger partial charge on any atom is -0.371 e. The molecular formula is C17H27Cl2N3O. The Labute approximate surface area is 151 Å². The lowest BCUT2D eigenvalue weighted by molar-refractivity contribution is -0.120. The van der Waals surface area contributed by atoms with E-state index in [1.807, 2.05) is 6.07 Å². The molecule has 1 saturated carbocycles. The summed E-state index contributed by atoms with van der Waals surface area (Å²) >= 11 is 0. The fourth-order valence-corrected chi connectivity index (χ4v) is 2.91. The van der Waals surface area contributed by atoms with Gasteiger partial charge in [0.1, 0.15) is 0 Å². The number of para-hydroxylation sites is 1. The van der Waals surface area contributed by atoms with Crippen LogP contribution in [-0.4, -0.2) is 38.6 Å². The first-order valence-electron chi connectivity index (χ1n) is 8.08. The number of rotatable bonds is 7. The molecule has 0 spiro atoms. The van der Waals surface area contributed by atoms with E-state index in [0.717, 1.165) is 38.5 Å². The molecule has 1 aliphatic carbocycles. The van der Waals surface area contributed by atoms with E-state index in [4.69, 9.17) is 0 Å². The van der Waals surface area contributed by atoms with Crippen LogP contribution < -0.4 is 15.5 Å². The summed E-state index contributed by atoms with van der Waals surface area (Å²) in [6, 6.07) is 10.5. The van der Waals surface area contributed by atoms with Crippen molar-refractivity contribution in [2.24, 2.45) is 11.8 Å². The van der Waals surface area contributed by atoms with Crippen molar-refractivity contribution >= 4 is 36.4 Å². The molecule has 2 aliphatic rings. The normalized spacial score (nSPS) is 19.7. The molecule has 1 aliphatic heterocycles. The maximum absolute atomic E-state index is 11.8. The summed E-state index contributed by atoms with van der Waals surface area (Å²) in [7, 11) is 0. The zero-order valence-corrected chi connectivity index (χ0v) is 15.0. The summed E-state index contributed by atoms with van der Waals surface area (Å²) in [5.41, 5.74) is 1.29. The monoisotopic (exact) mass is 359 g/mol. The SMILES string of the molecule is Cl.Cl.O=C(CNCC1CC1)NCC1CCN(c2ccccc2)C1. The van der Waals surface area contributed by atoms with Gasteiger partial charge in [-0.1, -0.05) is 18.2 Å². The number of hydrogen-bond acceptors (Lipinski definition) is 3. The van der Waals surface area contributed by atoms with Gasteiger partial charge >= 0.3 is 0 Å². The van der Waals surface area contributed by atoms with Crippen molar-refractivity contribution in [2.75, 3.05) is 37.6 Å². The largest absolute Gasteiger partial charge is 0.371 e. The lowest BCUT2D eigenvalue weighted by Crippen LogP contribution is -2.37. The fraction of sp³-hybridized carbons (Fsp3) is 0.588. The van der Waals surface area contributed by atoms with Gasteiger partial charge in [-0.2, -0.15) is 0 Å². The Morgan fingerprint density at radius 2 is 1.78 bits per heavy atom. The number of amides is 1. The maximum atomic E-state index is 11.8. The van der Waals surface area contributed by atoms with Gasteiger partial charge in [0.05, 0.1) is 6.54 Å². The molecule has 2 fully saturated rings. The van der Waals surface area contributed by atoms with Crippen LogP contribution in [0, 0.1) is 11.8 Å². The van der Waals surface area contributed by atoms with Crippen LogP contribution in [0.25, 0.3) is 0 Å². The van der Waals surface area contributed by atoms with Crippen LogP contribution in [0.1, 0.15) is 19.3 Å². The van der Waals surface area contributed by atoms with Crippen molar-refractivity contribution in [1.29, 1.82) is 0 Å². The number of hydrogen-bond donors (Lipinski definition) is 2. The third-order valence-corrected chi connectivity index (χ3v) is 4.41. The van der Waals surface area contributed by atoms with Crippen LogP contribution in [-0.2, 0) is 4.79 Å². The van der Waals surface area contributed by atoms with Crippen LogP contribution in [0.5, 0.6) is 0 Å². The predicted molar refractivity (Wildman–Crippen MR) is 99.9 cm³/mol. The highest BCUT2D eigenvalue weighted by atomic mass is 35.5. The molecule has 2 N–H and O–H groups in total. The van der Waals surface area contributed by atoms with Crippen molar-refractivity contribution in [2.45, 2.75) is 19.3 Å². The van der Waals surface area contributed by atoms with Gasteiger partial charge in [-0.05, 0) is 49.8 Å². The van der Waals surface area contributed by atoms with E-state index in [0.29, 0.717) is 12.5 Å². The topological polar surface area (TPSA) is 44.4 Å². The summed E-state index contributed by atoms with van der Waals surface area (Å²) in [4.78, 5) is 14.2. The Kier molecular flexibility index (Phi) is 8.74. The smallest absolute Gasteiger partial charge is 0.233 e. The Morgan fingerprint density at radius 1 is 1.04 bits per heavy atom. The van der Waals surface area contributed by atoms with Gasteiger partial charge in [0.2, 0.25) is 5.91 Å². The van der Waals surface area contributed by atoms with Crippen molar-refractivity contribution in [1.82, 2.24) is 10.6 Å². The van der Waals surface area contributed by atoms with Gasteiger partial charge in [-0.25, -0.2) is 0 Å². The number of halogens is 2. The van der Waals surface area contributed by atoms with Gasteiger partial charge in [0, 0.05) is 25.3 Å². The lowest BCUT2D eigenvalue weighted by atomic mass is 10.1. The Hall–Kier alpha value is -0.970. The van der Waals surface area contributed by atoms with Gasteiger partial charge in [-0.3, -0.25) is 4.79 Å². The molecule has 1 heterocycles. The zero-order chi connectivity index (χ0) is 14.5. The highest BCUT2D eigenvalue weighted by Crippen LogP contribution is 2.27. The predicted octanol–water partition coefficient (Wildman–Crippen LogP) is 2.47. The number of nitrogens with zero attached hydrogens (tertiary/aromatic N) is 1. The zero-order valence-electron chi connectivity index (χ0n) is 13.4. The third kappa shape index (κ3) is 6.58. The van der Waals surface area contributed by atoms with Gasteiger partial charge in [0.15, 0.2) is 0 Å². The molecule has 4 nitrogen and oxygen atoms in total. The van der Waals surface area contributed by atoms with Crippen molar-refractivity contribution in [3.05, 3.63) is 30.3 Å². The van der Waals surface area contributed by atoms with Crippen LogP contribution in [0.2, 0.25) is 0 Å². The number of nitrogens with one attached hydrogen (secondary N) is 2. The molecule has 1 unspecified atom stereocenters. The van der Waals surface area contributed by atoms with E-state index in [9.17, 15) is 4.79 Å². The van der Waals surface area contributed by atoms with E-state index in [-0.39, 0.29) is 30.7 Å².